The van der Waals surface area contributed by atoms with E-state index in [0.29, 0.717) is 24.1 Å². The number of pyridine rings is 1. The van der Waals surface area contributed by atoms with Crippen LogP contribution in [0.4, 0.5) is 5.69 Å². The molecule has 0 aliphatic carbocycles. The van der Waals surface area contributed by atoms with Crippen LogP contribution in [0.15, 0.2) is 77.9 Å². The minimum atomic E-state index is -0.280. The van der Waals surface area contributed by atoms with Gasteiger partial charge in [0.15, 0.2) is 0 Å². The lowest BCUT2D eigenvalue weighted by Crippen LogP contribution is -2.25. The highest BCUT2D eigenvalue weighted by Crippen LogP contribution is 2.29. The number of carbonyl (C=O) groups is 2. The van der Waals surface area contributed by atoms with Crippen LogP contribution >= 0.6 is 0 Å². The number of benzene rings is 2. The second kappa shape index (κ2) is 7.64. The summed E-state index contributed by atoms with van der Waals surface area (Å²) in [6.45, 7) is 2.87. The van der Waals surface area contributed by atoms with Gasteiger partial charge in [0.05, 0.1) is 0 Å². The van der Waals surface area contributed by atoms with Gasteiger partial charge in [-0.05, 0) is 47.9 Å². The molecule has 1 aliphatic rings. The Balaban J connectivity index is 1.64. The Kier molecular flexibility index (Phi) is 4.89. The summed E-state index contributed by atoms with van der Waals surface area (Å²) in [6.07, 6.45) is 2.68. The van der Waals surface area contributed by atoms with Crippen molar-refractivity contribution in [1.29, 1.82) is 0 Å². The SMILES string of the molecule is CC(=O)N1CCc2cc(C(=O)N=c3ccccn3Cc3ccccc3)ccc21. The van der Waals surface area contributed by atoms with Crippen molar-refractivity contribution in [2.75, 3.05) is 11.4 Å². The third-order valence-electron chi connectivity index (χ3n) is 4.93. The first kappa shape index (κ1) is 17.9. The van der Waals surface area contributed by atoms with Crippen LogP contribution in [0.2, 0.25) is 0 Å². The van der Waals surface area contributed by atoms with Crippen molar-refractivity contribution in [3.05, 3.63) is 95.1 Å². The van der Waals surface area contributed by atoms with Crippen LogP contribution < -0.4 is 10.4 Å². The maximum Gasteiger partial charge on any atom is 0.278 e. The lowest BCUT2D eigenvalue weighted by molar-refractivity contribution is -0.116. The maximum atomic E-state index is 12.8. The molecule has 0 saturated carbocycles. The van der Waals surface area contributed by atoms with Gasteiger partial charge >= 0.3 is 0 Å². The first-order valence-corrected chi connectivity index (χ1v) is 9.31. The highest BCUT2D eigenvalue weighted by atomic mass is 16.2. The van der Waals surface area contributed by atoms with Crippen molar-refractivity contribution in [2.45, 2.75) is 19.9 Å². The number of carbonyl (C=O) groups excluding carboxylic acids is 2. The predicted molar refractivity (Wildman–Crippen MR) is 108 cm³/mol. The lowest BCUT2D eigenvalue weighted by atomic mass is 10.1. The Morgan fingerprint density at radius 1 is 1.00 bits per heavy atom. The third-order valence-corrected chi connectivity index (χ3v) is 4.93. The fraction of sp³-hybridized carbons (Fsp3) is 0.174. The van der Waals surface area contributed by atoms with Crippen LogP contribution in [-0.2, 0) is 17.8 Å². The summed E-state index contributed by atoms with van der Waals surface area (Å²) >= 11 is 0. The normalized spacial score (nSPS) is 13.5. The molecule has 0 saturated heterocycles. The Morgan fingerprint density at radius 2 is 1.79 bits per heavy atom. The summed E-state index contributed by atoms with van der Waals surface area (Å²) in [5, 5.41) is 0. The molecule has 5 nitrogen and oxygen atoms in total. The van der Waals surface area contributed by atoms with E-state index in [1.54, 1.807) is 17.9 Å². The van der Waals surface area contributed by atoms with Gasteiger partial charge in [-0.3, -0.25) is 9.59 Å². The highest BCUT2D eigenvalue weighted by Gasteiger charge is 2.23. The molecule has 5 heteroatoms. The molecule has 140 valence electrons. The van der Waals surface area contributed by atoms with E-state index < -0.39 is 0 Å². The highest BCUT2D eigenvalue weighted by molar-refractivity contribution is 5.98. The Morgan fingerprint density at radius 3 is 2.57 bits per heavy atom. The average Bonchev–Trinajstić information content (AvgIpc) is 3.14. The van der Waals surface area contributed by atoms with E-state index in [0.717, 1.165) is 23.2 Å². The van der Waals surface area contributed by atoms with Gasteiger partial charge in [0.25, 0.3) is 5.91 Å². The topological polar surface area (TPSA) is 54.7 Å². The standard InChI is InChI=1S/C23H21N3O2/c1-17(27)26-14-12-19-15-20(10-11-21(19)26)23(28)24-22-9-5-6-13-25(22)16-18-7-3-2-4-8-18/h2-11,13,15H,12,14,16H2,1H3. The monoisotopic (exact) mass is 371 g/mol. The predicted octanol–water partition coefficient (Wildman–Crippen LogP) is 3.19. The number of aromatic nitrogens is 1. The first-order chi connectivity index (χ1) is 13.6. The van der Waals surface area contributed by atoms with Crippen LogP contribution in [0.25, 0.3) is 0 Å². The van der Waals surface area contributed by atoms with E-state index in [2.05, 4.69) is 4.99 Å². The molecule has 0 bridgehead atoms. The second-order valence-corrected chi connectivity index (χ2v) is 6.85. The van der Waals surface area contributed by atoms with Gasteiger partial charge in [-0.25, -0.2) is 0 Å². The van der Waals surface area contributed by atoms with Gasteiger partial charge in [0.2, 0.25) is 5.91 Å². The summed E-state index contributed by atoms with van der Waals surface area (Å²) < 4.78 is 1.96. The number of fused-ring (bicyclic) bond motifs is 1. The molecule has 2 aromatic carbocycles. The molecular weight excluding hydrogens is 350 g/mol. The van der Waals surface area contributed by atoms with Crippen LogP contribution in [0, 0.1) is 0 Å². The quantitative estimate of drug-likeness (QED) is 0.710. The molecule has 2 amide bonds. The van der Waals surface area contributed by atoms with Gasteiger partial charge in [0, 0.05) is 37.5 Å². The molecule has 3 aromatic rings. The van der Waals surface area contributed by atoms with Crippen molar-refractivity contribution < 1.29 is 9.59 Å². The Bertz CT molecular complexity index is 1100. The minimum absolute atomic E-state index is 0.0220. The van der Waals surface area contributed by atoms with Crippen molar-refractivity contribution in [2.24, 2.45) is 4.99 Å². The zero-order valence-corrected chi connectivity index (χ0v) is 15.7. The molecule has 0 unspecified atom stereocenters. The molecule has 0 atom stereocenters. The van der Waals surface area contributed by atoms with E-state index >= 15 is 0 Å². The van der Waals surface area contributed by atoms with Crippen LogP contribution in [-0.4, -0.2) is 22.9 Å². The minimum Gasteiger partial charge on any atom is -0.328 e. The second-order valence-electron chi connectivity index (χ2n) is 6.85. The van der Waals surface area contributed by atoms with Gasteiger partial charge < -0.3 is 9.47 Å². The fourth-order valence-electron chi connectivity index (χ4n) is 3.51. The molecule has 28 heavy (non-hydrogen) atoms. The smallest absolute Gasteiger partial charge is 0.278 e. The fourth-order valence-corrected chi connectivity index (χ4v) is 3.51. The van der Waals surface area contributed by atoms with Gasteiger partial charge in [0.1, 0.15) is 5.49 Å². The van der Waals surface area contributed by atoms with Crippen LogP contribution in [0.3, 0.4) is 0 Å². The number of amides is 2. The number of rotatable bonds is 3. The largest absolute Gasteiger partial charge is 0.328 e. The molecular formula is C23H21N3O2. The van der Waals surface area contributed by atoms with Crippen LogP contribution in [0.5, 0.6) is 0 Å². The van der Waals surface area contributed by atoms with Gasteiger partial charge in [-0.2, -0.15) is 4.99 Å². The number of hydrogen-bond acceptors (Lipinski definition) is 2. The maximum absolute atomic E-state index is 12.8. The Hall–Kier alpha value is -3.47. The number of nitrogens with zero attached hydrogens (tertiary/aromatic N) is 3. The summed E-state index contributed by atoms with van der Waals surface area (Å²) in [5.74, 6) is -0.258. The molecule has 1 aromatic heterocycles. The third kappa shape index (κ3) is 3.64. The summed E-state index contributed by atoms with van der Waals surface area (Å²) in [6, 6.07) is 21.2. The van der Waals surface area contributed by atoms with Crippen molar-refractivity contribution >= 4 is 17.5 Å². The molecule has 0 fully saturated rings. The van der Waals surface area contributed by atoms with Gasteiger partial charge in [-0.1, -0.05) is 36.4 Å². The van der Waals surface area contributed by atoms with E-state index in [4.69, 9.17) is 0 Å². The molecule has 0 radical (unpaired) electrons. The van der Waals surface area contributed by atoms with Gasteiger partial charge in [-0.15, -0.1) is 0 Å². The molecule has 1 aliphatic heterocycles. The lowest BCUT2D eigenvalue weighted by Gasteiger charge is -2.14. The van der Waals surface area contributed by atoms with E-state index in [-0.39, 0.29) is 11.8 Å². The number of anilines is 1. The van der Waals surface area contributed by atoms with E-state index in [1.165, 1.54) is 0 Å². The molecule has 4 rings (SSSR count). The van der Waals surface area contributed by atoms with Crippen LogP contribution in [0.1, 0.15) is 28.4 Å². The summed E-state index contributed by atoms with van der Waals surface area (Å²) in [5.41, 5.74) is 4.20. The molecule has 0 spiro atoms. The Labute approximate surface area is 163 Å². The number of hydrogen-bond donors (Lipinski definition) is 0. The van der Waals surface area contributed by atoms with E-state index in [9.17, 15) is 9.59 Å². The zero-order valence-electron chi connectivity index (χ0n) is 15.7. The molecule has 2 heterocycles. The first-order valence-electron chi connectivity index (χ1n) is 9.31. The molecule has 0 N–H and O–H groups in total. The summed E-state index contributed by atoms with van der Waals surface area (Å²) in [7, 11) is 0. The van der Waals surface area contributed by atoms with Crippen molar-refractivity contribution in [3.8, 4) is 0 Å². The summed E-state index contributed by atoms with van der Waals surface area (Å²) in [4.78, 5) is 30.6. The van der Waals surface area contributed by atoms with Crippen molar-refractivity contribution in [3.63, 3.8) is 0 Å². The zero-order chi connectivity index (χ0) is 19.5. The van der Waals surface area contributed by atoms with Crippen molar-refractivity contribution in [1.82, 2.24) is 4.57 Å². The van der Waals surface area contributed by atoms with E-state index in [1.807, 2.05) is 71.4 Å². The average molecular weight is 371 g/mol.